The van der Waals surface area contributed by atoms with E-state index in [1.165, 1.54) is 32.1 Å². The maximum atomic E-state index is 10.4. The zero-order valence-corrected chi connectivity index (χ0v) is 10.5. The molecule has 2 nitrogen and oxygen atoms in total. The van der Waals surface area contributed by atoms with Crippen LogP contribution in [0.1, 0.15) is 39.0 Å². The normalized spacial score (nSPS) is 45.7. The molecule has 4 aliphatic rings. The van der Waals surface area contributed by atoms with Gasteiger partial charge in [-0.25, -0.2) is 0 Å². The zero-order chi connectivity index (χ0) is 12.0. The van der Waals surface area contributed by atoms with Crippen molar-refractivity contribution in [1.29, 1.82) is 5.26 Å². The van der Waals surface area contributed by atoms with Gasteiger partial charge in [0.15, 0.2) is 0 Å². The Kier molecular flexibility index (Phi) is 2.75. The molecule has 0 aromatic rings. The van der Waals surface area contributed by atoms with Crippen molar-refractivity contribution in [3.8, 4) is 6.07 Å². The second-order valence-corrected chi connectivity index (χ2v) is 6.31. The maximum Gasteiger partial charge on any atom is 0.0971 e. The van der Waals surface area contributed by atoms with Gasteiger partial charge in [-0.3, -0.25) is 0 Å². The second kappa shape index (κ2) is 4.14. The molecule has 0 aromatic heterocycles. The first-order valence-corrected chi connectivity index (χ1v) is 6.97. The van der Waals surface area contributed by atoms with Crippen LogP contribution < -0.4 is 0 Å². The summed E-state index contributed by atoms with van der Waals surface area (Å²) >= 11 is 0. The van der Waals surface area contributed by atoms with E-state index in [4.69, 9.17) is 5.26 Å². The smallest absolute Gasteiger partial charge is 0.0971 e. The Morgan fingerprint density at radius 2 is 1.71 bits per heavy atom. The first kappa shape index (κ1) is 11.3. The largest absolute Gasteiger partial charge is 0.387 e. The van der Waals surface area contributed by atoms with E-state index in [-0.39, 0.29) is 0 Å². The molecular formula is C15H21NO. The van der Waals surface area contributed by atoms with Crippen molar-refractivity contribution in [3.63, 3.8) is 0 Å². The number of nitriles is 1. The number of hydrogen-bond donors (Lipinski definition) is 1. The molecule has 0 spiro atoms. The molecule has 4 fully saturated rings. The molecular weight excluding hydrogens is 210 g/mol. The van der Waals surface area contributed by atoms with Crippen molar-refractivity contribution < 1.29 is 5.11 Å². The average Bonchev–Trinajstić information content (AvgIpc) is 2.29. The van der Waals surface area contributed by atoms with Gasteiger partial charge in [0.1, 0.15) is 0 Å². The van der Waals surface area contributed by atoms with E-state index in [2.05, 4.69) is 6.07 Å². The van der Waals surface area contributed by atoms with Crippen molar-refractivity contribution in [1.82, 2.24) is 0 Å². The molecule has 1 atom stereocenters. The molecule has 0 radical (unpaired) electrons. The Balaban J connectivity index is 1.82. The second-order valence-electron chi connectivity index (χ2n) is 6.31. The van der Waals surface area contributed by atoms with Crippen molar-refractivity contribution in [2.75, 3.05) is 0 Å². The molecule has 1 N–H and O–H groups in total. The summed E-state index contributed by atoms with van der Waals surface area (Å²) in [6, 6.07) is 2.17. The van der Waals surface area contributed by atoms with Gasteiger partial charge in [0, 0.05) is 0 Å². The van der Waals surface area contributed by atoms with Crippen LogP contribution >= 0.6 is 0 Å². The van der Waals surface area contributed by atoms with E-state index in [9.17, 15) is 5.11 Å². The summed E-state index contributed by atoms with van der Waals surface area (Å²) in [5, 5.41) is 19.5. The van der Waals surface area contributed by atoms with Gasteiger partial charge in [-0.1, -0.05) is 6.08 Å². The van der Waals surface area contributed by atoms with Crippen LogP contribution in [-0.4, -0.2) is 11.2 Å². The molecule has 2 heteroatoms. The minimum absolute atomic E-state index is 0.369. The number of allylic oxidation sites excluding steroid dienone is 1. The number of aliphatic hydroxyl groups excluding tert-OH is 1. The highest BCUT2D eigenvalue weighted by Crippen LogP contribution is 2.57. The third-order valence-electron chi connectivity index (χ3n) is 5.42. The predicted octanol–water partition coefficient (Wildman–Crippen LogP) is 2.89. The predicted molar refractivity (Wildman–Crippen MR) is 65.9 cm³/mol. The SMILES string of the molecule is C/C=C(\C#N)C(O)C1C2CC3CC(C2)CC1C3. The topological polar surface area (TPSA) is 44.0 Å². The van der Waals surface area contributed by atoms with Crippen LogP contribution in [0.15, 0.2) is 11.6 Å². The fourth-order valence-corrected chi connectivity index (χ4v) is 4.99. The molecule has 4 rings (SSSR count). The summed E-state index contributed by atoms with van der Waals surface area (Å²) in [6.07, 6.45) is 7.93. The van der Waals surface area contributed by atoms with Crippen LogP contribution in [0.3, 0.4) is 0 Å². The van der Waals surface area contributed by atoms with Crippen LogP contribution in [-0.2, 0) is 0 Å². The first-order chi connectivity index (χ1) is 8.22. The highest BCUT2D eigenvalue weighted by Gasteiger charge is 2.50. The third kappa shape index (κ3) is 1.72. The Morgan fingerprint density at radius 3 is 2.12 bits per heavy atom. The van der Waals surface area contributed by atoms with Gasteiger partial charge in [0.2, 0.25) is 0 Å². The third-order valence-corrected chi connectivity index (χ3v) is 5.42. The van der Waals surface area contributed by atoms with Gasteiger partial charge in [-0.2, -0.15) is 5.26 Å². The van der Waals surface area contributed by atoms with Crippen LogP contribution in [0.2, 0.25) is 0 Å². The van der Waals surface area contributed by atoms with Gasteiger partial charge in [0.05, 0.1) is 17.7 Å². The van der Waals surface area contributed by atoms with E-state index in [0.717, 1.165) is 11.8 Å². The summed E-state index contributed by atoms with van der Waals surface area (Å²) in [4.78, 5) is 0. The number of aliphatic hydroxyl groups is 1. The van der Waals surface area contributed by atoms with Gasteiger partial charge < -0.3 is 5.11 Å². The molecule has 4 aliphatic carbocycles. The Labute approximate surface area is 103 Å². The highest BCUT2D eigenvalue weighted by atomic mass is 16.3. The summed E-state index contributed by atoms with van der Waals surface area (Å²) in [6.45, 7) is 1.86. The fourth-order valence-electron chi connectivity index (χ4n) is 4.99. The number of nitrogens with zero attached hydrogens (tertiary/aromatic N) is 1. The fraction of sp³-hybridized carbons (Fsp3) is 0.800. The summed E-state index contributed by atoms with van der Waals surface area (Å²) < 4.78 is 0. The number of hydrogen-bond acceptors (Lipinski definition) is 2. The van der Waals surface area contributed by atoms with E-state index < -0.39 is 6.10 Å². The molecule has 4 bridgehead atoms. The van der Waals surface area contributed by atoms with E-state index in [0.29, 0.717) is 23.3 Å². The van der Waals surface area contributed by atoms with Crippen LogP contribution in [0.25, 0.3) is 0 Å². The molecule has 0 heterocycles. The van der Waals surface area contributed by atoms with Crippen molar-refractivity contribution in [2.45, 2.75) is 45.1 Å². The Morgan fingerprint density at radius 1 is 1.18 bits per heavy atom. The zero-order valence-electron chi connectivity index (χ0n) is 10.5. The number of rotatable bonds is 2. The molecule has 0 aliphatic heterocycles. The lowest BCUT2D eigenvalue weighted by Crippen LogP contribution is -2.49. The standard InChI is InChI=1S/C15H21NO/c1-2-11(8-16)15(17)14-12-4-9-3-10(6-12)7-13(14)5-9/h2,9-10,12-15,17H,3-7H2,1H3/b11-2+. The van der Waals surface area contributed by atoms with Gasteiger partial charge in [-0.05, 0) is 68.6 Å². The van der Waals surface area contributed by atoms with E-state index in [1.54, 1.807) is 6.08 Å². The lowest BCUT2D eigenvalue weighted by molar-refractivity contribution is -0.0780. The quantitative estimate of drug-likeness (QED) is 0.743. The molecule has 0 amide bonds. The van der Waals surface area contributed by atoms with Crippen molar-refractivity contribution in [2.24, 2.45) is 29.6 Å². The minimum Gasteiger partial charge on any atom is -0.387 e. The van der Waals surface area contributed by atoms with Crippen LogP contribution in [0.5, 0.6) is 0 Å². The lowest BCUT2D eigenvalue weighted by atomic mass is 9.50. The van der Waals surface area contributed by atoms with Gasteiger partial charge >= 0.3 is 0 Å². The molecule has 92 valence electrons. The highest BCUT2D eigenvalue weighted by molar-refractivity contribution is 5.26. The average molecular weight is 231 g/mol. The maximum absolute atomic E-state index is 10.4. The van der Waals surface area contributed by atoms with Crippen molar-refractivity contribution >= 4 is 0 Å². The summed E-state index contributed by atoms with van der Waals surface area (Å²) in [5.74, 6) is 3.59. The Bertz CT molecular complexity index is 351. The minimum atomic E-state index is -0.500. The van der Waals surface area contributed by atoms with Gasteiger partial charge in [-0.15, -0.1) is 0 Å². The van der Waals surface area contributed by atoms with Gasteiger partial charge in [0.25, 0.3) is 0 Å². The Hall–Kier alpha value is -0.810. The van der Waals surface area contributed by atoms with Crippen molar-refractivity contribution in [3.05, 3.63) is 11.6 Å². The molecule has 1 unspecified atom stereocenters. The lowest BCUT2D eigenvalue weighted by Gasteiger charge is -2.55. The summed E-state index contributed by atoms with van der Waals surface area (Å²) in [7, 11) is 0. The first-order valence-electron chi connectivity index (χ1n) is 6.97. The van der Waals surface area contributed by atoms with E-state index in [1.807, 2.05) is 6.92 Å². The van der Waals surface area contributed by atoms with Crippen LogP contribution in [0, 0.1) is 40.9 Å². The van der Waals surface area contributed by atoms with E-state index >= 15 is 0 Å². The molecule has 4 saturated carbocycles. The molecule has 17 heavy (non-hydrogen) atoms. The van der Waals surface area contributed by atoms with Crippen LogP contribution in [0.4, 0.5) is 0 Å². The summed E-state index contributed by atoms with van der Waals surface area (Å²) in [5.41, 5.74) is 0.586. The molecule has 0 saturated heterocycles. The molecule has 0 aromatic carbocycles. The monoisotopic (exact) mass is 231 g/mol.